The van der Waals surface area contributed by atoms with Gasteiger partial charge in [-0.15, -0.1) is 0 Å². The number of carbonyl (C=O) groups is 1. The standard InChI is InChI=1S/C24H38O4/c25-19-18-24(16-10-5-11-17-24)15-9-3-1-2-8-14-23(26)28-21-27-20-22-12-6-4-7-13-22/h4,6-7,12-13,25H,1-3,5,8-11,14-21H2. The normalized spacial score (nSPS) is 16.0. The molecule has 2 rings (SSSR count). The van der Waals surface area contributed by atoms with Gasteiger partial charge in [-0.2, -0.15) is 0 Å². The van der Waals surface area contributed by atoms with Gasteiger partial charge in [0.05, 0.1) is 6.61 Å². The van der Waals surface area contributed by atoms with Crippen molar-refractivity contribution >= 4 is 5.97 Å². The monoisotopic (exact) mass is 390 g/mol. The van der Waals surface area contributed by atoms with E-state index in [9.17, 15) is 9.90 Å². The van der Waals surface area contributed by atoms with Gasteiger partial charge in [0.25, 0.3) is 0 Å². The zero-order valence-corrected chi connectivity index (χ0v) is 17.4. The quantitative estimate of drug-likeness (QED) is 0.249. The number of ether oxygens (including phenoxy) is 2. The molecule has 0 saturated heterocycles. The number of hydrogen-bond acceptors (Lipinski definition) is 4. The van der Waals surface area contributed by atoms with Crippen LogP contribution in [0.5, 0.6) is 0 Å². The smallest absolute Gasteiger partial charge is 0.307 e. The van der Waals surface area contributed by atoms with Crippen LogP contribution in [0.3, 0.4) is 0 Å². The lowest BCUT2D eigenvalue weighted by Gasteiger charge is -2.37. The van der Waals surface area contributed by atoms with Crippen LogP contribution in [0.25, 0.3) is 0 Å². The van der Waals surface area contributed by atoms with Crippen molar-refractivity contribution in [2.75, 3.05) is 13.4 Å². The topological polar surface area (TPSA) is 55.8 Å². The van der Waals surface area contributed by atoms with E-state index in [1.807, 2.05) is 30.3 Å². The first-order valence-corrected chi connectivity index (χ1v) is 11.1. The molecule has 28 heavy (non-hydrogen) atoms. The maximum Gasteiger partial charge on any atom is 0.307 e. The van der Waals surface area contributed by atoms with Gasteiger partial charge in [-0.25, -0.2) is 0 Å². The first kappa shape index (κ1) is 22.9. The van der Waals surface area contributed by atoms with Crippen LogP contribution in [-0.4, -0.2) is 24.5 Å². The highest BCUT2D eigenvalue weighted by Crippen LogP contribution is 2.43. The molecule has 0 amide bonds. The third-order valence-electron chi connectivity index (χ3n) is 6.06. The second-order valence-electron chi connectivity index (χ2n) is 8.27. The van der Waals surface area contributed by atoms with E-state index in [0.717, 1.165) is 24.8 Å². The van der Waals surface area contributed by atoms with Crippen LogP contribution >= 0.6 is 0 Å². The minimum absolute atomic E-state index is 0.0284. The summed E-state index contributed by atoms with van der Waals surface area (Å²) in [6.07, 6.45) is 14.9. The van der Waals surface area contributed by atoms with E-state index in [4.69, 9.17) is 9.47 Å². The third-order valence-corrected chi connectivity index (χ3v) is 6.06. The third kappa shape index (κ3) is 9.20. The lowest BCUT2D eigenvalue weighted by Crippen LogP contribution is -2.25. The van der Waals surface area contributed by atoms with Crippen molar-refractivity contribution in [3.63, 3.8) is 0 Å². The lowest BCUT2D eigenvalue weighted by atomic mass is 9.69. The molecule has 0 bridgehead atoms. The second kappa shape index (κ2) is 13.7. The minimum atomic E-state index is -0.169. The lowest BCUT2D eigenvalue weighted by molar-refractivity contribution is -0.157. The SMILES string of the molecule is O=C(CCCCCCCC1(CCO)CCCCC1)OCOCc1ccccc1. The van der Waals surface area contributed by atoms with Crippen LogP contribution in [0, 0.1) is 5.41 Å². The largest absolute Gasteiger partial charge is 0.438 e. The average Bonchev–Trinajstić information content (AvgIpc) is 2.72. The average molecular weight is 391 g/mol. The molecule has 0 unspecified atom stereocenters. The molecule has 158 valence electrons. The van der Waals surface area contributed by atoms with Gasteiger partial charge in [0.15, 0.2) is 6.79 Å². The van der Waals surface area contributed by atoms with Crippen molar-refractivity contribution in [2.24, 2.45) is 5.41 Å². The molecule has 4 heteroatoms. The Bertz CT molecular complexity index is 517. The van der Waals surface area contributed by atoms with E-state index in [1.54, 1.807) is 0 Å². The Labute approximate surface area is 170 Å². The fraction of sp³-hybridized carbons (Fsp3) is 0.708. The zero-order valence-electron chi connectivity index (χ0n) is 17.4. The van der Waals surface area contributed by atoms with E-state index in [-0.39, 0.29) is 12.8 Å². The molecule has 1 aromatic rings. The summed E-state index contributed by atoms with van der Waals surface area (Å²) >= 11 is 0. The van der Waals surface area contributed by atoms with Crippen molar-refractivity contribution in [3.8, 4) is 0 Å². The van der Waals surface area contributed by atoms with Crippen molar-refractivity contribution < 1.29 is 19.4 Å². The van der Waals surface area contributed by atoms with Gasteiger partial charge in [-0.3, -0.25) is 4.79 Å². The van der Waals surface area contributed by atoms with Crippen LogP contribution < -0.4 is 0 Å². The summed E-state index contributed by atoms with van der Waals surface area (Å²) < 4.78 is 10.5. The summed E-state index contributed by atoms with van der Waals surface area (Å²) in [6, 6.07) is 9.87. The maximum absolute atomic E-state index is 11.7. The van der Waals surface area contributed by atoms with Gasteiger partial charge in [0.1, 0.15) is 0 Å². The Hall–Kier alpha value is -1.39. The number of unbranched alkanes of at least 4 members (excludes halogenated alkanes) is 4. The molecule has 0 aliphatic heterocycles. The molecular weight excluding hydrogens is 352 g/mol. The molecule has 4 nitrogen and oxygen atoms in total. The number of aliphatic hydroxyl groups excluding tert-OH is 1. The molecule has 1 N–H and O–H groups in total. The van der Waals surface area contributed by atoms with Gasteiger partial charge in [0, 0.05) is 13.0 Å². The van der Waals surface area contributed by atoms with Crippen molar-refractivity contribution in [1.82, 2.24) is 0 Å². The number of aliphatic hydroxyl groups is 1. The Balaban J connectivity index is 1.43. The number of carbonyl (C=O) groups excluding carboxylic acids is 1. The van der Waals surface area contributed by atoms with Crippen molar-refractivity contribution in [3.05, 3.63) is 35.9 Å². The van der Waals surface area contributed by atoms with Crippen LogP contribution in [0.2, 0.25) is 0 Å². The predicted octanol–water partition coefficient (Wildman–Crippen LogP) is 5.77. The number of hydrogen-bond donors (Lipinski definition) is 1. The summed E-state index contributed by atoms with van der Waals surface area (Å²) in [5, 5.41) is 9.39. The molecular formula is C24H38O4. The van der Waals surface area contributed by atoms with E-state index in [2.05, 4.69) is 0 Å². The molecule has 1 fully saturated rings. The Morgan fingerprint density at radius 1 is 0.929 bits per heavy atom. The van der Waals surface area contributed by atoms with Gasteiger partial charge in [-0.1, -0.05) is 75.3 Å². The van der Waals surface area contributed by atoms with Gasteiger partial charge in [-0.05, 0) is 43.1 Å². The van der Waals surface area contributed by atoms with Gasteiger partial charge in [0.2, 0.25) is 0 Å². The van der Waals surface area contributed by atoms with E-state index < -0.39 is 0 Å². The summed E-state index contributed by atoms with van der Waals surface area (Å²) in [6.45, 7) is 0.823. The summed E-state index contributed by atoms with van der Waals surface area (Å²) in [4.78, 5) is 11.7. The maximum atomic E-state index is 11.7. The summed E-state index contributed by atoms with van der Waals surface area (Å²) in [5.41, 5.74) is 1.49. The van der Waals surface area contributed by atoms with Crippen LogP contribution in [0.15, 0.2) is 30.3 Å². The fourth-order valence-electron chi connectivity index (χ4n) is 4.38. The zero-order chi connectivity index (χ0) is 19.9. The molecule has 1 saturated carbocycles. The fourth-order valence-corrected chi connectivity index (χ4v) is 4.38. The van der Waals surface area contributed by atoms with Gasteiger partial charge < -0.3 is 14.6 Å². The van der Waals surface area contributed by atoms with Crippen LogP contribution in [0.4, 0.5) is 0 Å². The first-order chi connectivity index (χ1) is 13.7. The van der Waals surface area contributed by atoms with Crippen molar-refractivity contribution in [1.29, 1.82) is 0 Å². The van der Waals surface area contributed by atoms with E-state index in [1.165, 1.54) is 57.8 Å². The van der Waals surface area contributed by atoms with E-state index in [0.29, 0.717) is 25.0 Å². The van der Waals surface area contributed by atoms with Crippen molar-refractivity contribution in [2.45, 2.75) is 90.1 Å². The Kier molecular flexibility index (Phi) is 11.2. The van der Waals surface area contributed by atoms with E-state index >= 15 is 0 Å². The van der Waals surface area contributed by atoms with Crippen LogP contribution in [0.1, 0.15) is 89.0 Å². The molecule has 0 heterocycles. The highest BCUT2D eigenvalue weighted by Gasteiger charge is 2.30. The molecule has 0 radical (unpaired) electrons. The highest BCUT2D eigenvalue weighted by atomic mass is 16.7. The summed E-state index contributed by atoms with van der Waals surface area (Å²) in [5.74, 6) is -0.169. The minimum Gasteiger partial charge on any atom is -0.438 e. The number of rotatable bonds is 14. The number of benzene rings is 1. The Morgan fingerprint density at radius 3 is 2.39 bits per heavy atom. The molecule has 0 aromatic heterocycles. The molecule has 1 aliphatic carbocycles. The highest BCUT2D eigenvalue weighted by molar-refractivity contribution is 5.69. The first-order valence-electron chi connectivity index (χ1n) is 11.1. The Morgan fingerprint density at radius 2 is 1.64 bits per heavy atom. The summed E-state index contributed by atoms with van der Waals surface area (Å²) in [7, 11) is 0. The molecule has 1 aromatic carbocycles. The molecule has 0 atom stereocenters. The molecule has 0 spiro atoms. The number of esters is 1. The van der Waals surface area contributed by atoms with Gasteiger partial charge >= 0.3 is 5.97 Å². The second-order valence-corrected chi connectivity index (χ2v) is 8.27. The molecule has 1 aliphatic rings. The predicted molar refractivity (Wildman–Crippen MR) is 112 cm³/mol. The van der Waals surface area contributed by atoms with Crippen LogP contribution in [-0.2, 0) is 20.9 Å².